The molecule has 4 aromatic heterocycles. The third-order valence-corrected chi connectivity index (χ3v) is 12.6. The molecule has 0 N–H and O–H groups in total. The molecular weight excluding hydrogens is 739 g/mol. The van der Waals surface area contributed by atoms with Crippen LogP contribution >= 0.6 is 11.3 Å². The van der Waals surface area contributed by atoms with Crippen LogP contribution in [0.3, 0.4) is 0 Å². The van der Waals surface area contributed by atoms with E-state index in [0.29, 0.717) is 17.5 Å². The maximum atomic E-state index is 4.99. The minimum atomic E-state index is 0.640. The molecule has 4 heterocycles. The summed E-state index contributed by atoms with van der Waals surface area (Å²) in [6.07, 6.45) is 2.18. The van der Waals surface area contributed by atoms with E-state index in [-0.39, 0.29) is 0 Å². The molecule has 0 unspecified atom stereocenters. The van der Waals surface area contributed by atoms with Gasteiger partial charge < -0.3 is 9.13 Å². The Morgan fingerprint density at radius 2 is 0.983 bits per heavy atom. The molecule has 0 aliphatic rings. The lowest BCUT2D eigenvalue weighted by Gasteiger charge is -2.12. The van der Waals surface area contributed by atoms with E-state index in [9.17, 15) is 0 Å². The first kappa shape index (κ1) is 33.5. The highest BCUT2D eigenvalue weighted by molar-refractivity contribution is 7.26. The van der Waals surface area contributed by atoms with Gasteiger partial charge in [-0.25, -0.2) is 15.0 Å². The zero-order chi connectivity index (χ0) is 38.9. The molecule has 276 valence electrons. The zero-order valence-electron chi connectivity index (χ0n) is 31.7. The summed E-state index contributed by atoms with van der Waals surface area (Å²) < 4.78 is 7.37. The van der Waals surface area contributed by atoms with Crippen molar-refractivity contribution in [3.8, 4) is 56.7 Å². The lowest BCUT2D eigenvalue weighted by molar-refractivity contribution is 1.07. The Balaban J connectivity index is 1.00. The maximum absolute atomic E-state index is 4.99. The largest absolute Gasteiger partial charge is 0.317 e. The van der Waals surface area contributed by atoms with Gasteiger partial charge in [-0.3, -0.25) is 0 Å². The van der Waals surface area contributed by atoms with Crippen LogP contribution in [0.5, 0.6) is 0 Å². The van der Waals surface area contributed by atoms with Crippen molar-refractivity contribution in [2.45, 2.75) is 0 Å². The molecule has 12 rings (SSSR count). The van der Waals surface area contributed by atoms with Crippen LogP contribution in [0.1, 0.15) is 0 Å². The number of thiophene rings is 1. The van der Waals surface area contributed by atoms with Crippen LogP contribution in [0, 0.1) is 0 Å². The fourth-order valence-corrected chi connectivity index (χ4v) is 9.81. The van der Waals surface area contributed by atoms with E-state index >= 15 is 0 Å². The van der Waals surface area contributed by atoms with Crippen LogP contribution in [0.15, 0.2) is 200 Å². The van der Waals surface area contributed by atoms with Crippen LogP contribution in [0.2, 0.25) is 0 Å². The van der Waals surface area contributed by atoms with Crippen molar-refractivity contribution in [1.82, 2.24) is 24.1 Å². The molecule has 0 aliphatic carbocycles. The normalized spacial score (nSPS) is 11.7. The average Bonchev–Trinajstić information content (AvgIpc) is 4.01. The van der Waals surface area contributed by atoms with Crippen LogP contribution in [0.25, 0.3) is 110 Å². The van der Waals surface area contributed by atoms with Gasteiger partial charge in [0.2, 0.25) is 0 Å². The van der Waals surface area contributed by atoms with Crippen molar-refractivity contribution in [2.24, 2.45) is 0 Å². The summed E-state index contributed by atoms with van der Waals surface area (Å²) in [5.74, 6) is 1.94. The molecule has 0 atom stereocenters. The maximum Gasteiger partial charge on any atom is 0.164 e. The fourth-order valence-electron chi connectivity index (χ4n) is 8.57. The van der Waals surface area contributed by atoms with Gasteiger partial charge in [0.25, 0.3) is 0 Å². The van der Waals surface area contributed by atoms with Crippen molar-refractivity contribution in [3.63, 3.8) is 0 Å². The van der Waals surface area contributed by atoms with Crippen LogP contribution in [0.4, 0.5) is 0 Å². The van der Waals surface area contributed by atoms with E-state index in [4.69, 9.17) is 15.0 Å². The van der Waals surface area contributed by atoms with E-state index in [1.807, 2.05) is 72.0 Å². The van der Waals surface area contributed by atoms with E-state index in [1.54, 1.807) is 0 Å². The van der Waals surface area contributed by atoms with E-state index in [0.717, 1.165) is 39.2 Å². The third-order valence-electron chi connectivity index (χ3n) is 11.4. The lowest BCUT2D eigenvalue weighted by Crippen LogP contribution is -2.00. The molecule has 12 aromatic rings. The quantitative estimate of drug-likeness (QED) is 0.169. The molecule has 0 radical (unpaired) electrons. The highest BCUT2D eigenvalue weighted by atomic mass is 32.1. The number of aromatic nitrogens is 5. The van der Waals surface area contributed by atoms with Gasteiger partial charge in [-0.2, -0.15) is 0 Å². The number of hydrogen-bond acceptors (Lipinski definition) is 4. The minimum absolute atomic E-state index is 0.640. The Morgan fingerprint density at radius 1 is 0.373 bits per heavy atom. The van der Waals surface area contributed by atoms with Gasteiger partial charge in [-0.05, 0) is 65.7 Å². The Hall–Kier alpha value is -7.67. The Labute approximate surface area is 343 Å². The Bertz CT molecular complexity index is 3470. The number of rotatable bonds is 6. The van der Waals surface area contributed by atoms with Crippen molar-refractivity contribution in [3.05, 3.63) is 200 Å². The number of hydrogen-bond donors (Lipinski definition) is 0. The van der Waals surface area contributed by atoms with Crippen LogP contribution in [-0.4, -0.2) is 24.1 Å². The fraction of sp³-hybridized carbons (Fsp3) is 0. The number of para-hydroxylation sites is 1. The molecule has 0 saturated heterocycles. The summed E-state index contributed by atoms with van der Waals surface area (Å²) in [4.78, 5) is 14.9. The van der Waals surface area contributed by atoms with E-state index < -0.39 is 0 Å². The smallest absolute Gasteiger partial charge is 0.164 e. The molecule has 8 aromatic carbocycles. The molecule has 0 aliphatic heterocycles. The Kier molecular flexibility index (Phi) is 7.64. The van der Waals surface area contributed by atoms with E-state index in [2.05, 4.69) is 149 Å². The molecule has 5 nitrogen and oxygen atoms in total. The van der Waals surface area contributed by atoms with E-state index in [1.165, 1.54) is 52.9 Å². The molecule has 0 saturated carbocycles. The number of benzene rings is 8. The van der Waals surface area contributed by atoms with Gasteiger partial charge in [0.1, 0.15) is 0 Å². The SMILES string of the molecule is c1ccc(-c2nc(-c3ccccc3)nc(-c3cccc(-c4ccc(-n5c6cc7ccn(-c8ccccc8)c7cc6c6ccc7c8ccccc8sc7c65)cc4)c3)n2)cc1. The first-order valence-corrected chi connectivity index (χ1v) is 20.6. The molecule has 0 spiro atoms. The highest BCUT2D eigenvalue weighted by Gasteiger charge is 2.20. The lowest BCUT2D eigenvalue weighted by atomic mass is 10.0. The van der Waals surface area contributed by atoms with Crippen molar-refractivity contribution in [2.75, 3.05) is 0 Å². The predicted octanol–water partition coefficient (Wildman–Crippen LogP) is 13.9. The van der Waals surface area contributed by atoms with Crippen molar-refractivity contribution < 1.29 is 0 Å². The number of fused-ring (bicyclic) bond motifs is 8. The second-order valence-corrected chi connectivity index (χ2v) is 15.9. The monoisotopic (exact) mass is 771 g/mol. The predicted molar refractivity (Wildman–Crippen MR) is 246 cm³/mol. The molecule has 59 heavy (non-hydrogen) atoms. The molecular formula is C53H33N5S. The second-order valence-electron chi connectivity index (χ2n) is 14.9. The van der Waals surface area contributed by atoms with Gasteiger partial charge in [-0.15, -0.1) is 11.3 Å². The van der Waals surface area contributed by atoms with Gasteiger partial charge in [0.05, 0.1) is 21.3 Å². The molecule has 0 fully saturated rings. The average molecular weight is 772 g/mol. The standard InChI is InChI=1S/C53H33N5S/c1-4-13-35(14-5-1)51-54-52(36-15-6-2-7-16-36)56-53(55-51)39-18-12-17-37(31-39)34-23-25-41(26-24-34)58-47-32-38-29-30-57(40-19-8-3-9-20-40)46(38)33-45(47)43-27-28-44-42-21-10-11-22-48(42)59-50(44)49(43)58/h1-33H. The van der Waals surface area contributed by atoms with Crippen molar-refractivity contribution >= 4 is 64.2 Å². The first-order valence-electron chi connectivity index (χ1n) is 19.8. The highest BCUT2D eigenvalue weighted by Crippen LogP contribution is 2.44. The zero-order valence-corrected chi connectivity index (χ0v) is 32.5. The summed E-state index contributed by atoms with van der Waals surface area (Å²) in [5, 5.41) is 6.28. The van der Waals surface area contributed by atoms with Crippen LogP contribution in [-0.2, 0) is 0 Å². The van der Waals surface area contributed by atoms with Crippen LogP contribution < -0.4 is 0 Å². The van der Waals surface area contributed by atoms with Gasteiger partial charge in [-0.1, -0.05) is 140 Å². The van der Waals surface area contributed by atoms with Crippen molar-refractivity contribution in [1.29, 1.82) is 0 Å². The summed E-state index contributed by atoms with van der Waals surface area (Å²) >= 11 is 1.88. The summed E-state index contributed by atoms with van der Waals surface area (Å²) in [5.41, 5.74) is 10.9. The summed E-state index contributed by atoms with van der Waals surface area (Å²) in [7, 11) is 0. The summed E-state index contributed by atoms with van der Waals surface area (Å²) in [6.45, 7) is 0. The van der Waals surface area contributed by atoms with Gasteiger partial charge in [0.15, 0.2) is 17.5 Å². The number of nitrogens with zero attached hydrogens (tertiary/aromatic N) is 5. The second kappa shape index (κ2) is 13.5. The van der Waals surface area contributed by atoms with Gasteiger partial charge >= 0.3 is 0 Å². The van der Waals surface area contributed by atoms with Gasteiger partial charge in [0, 0.05) is 65.9 Å². The molecule has 0 bridgehead atoms. The summed E-state index contributed by atoms with van der Waals surface area (Å²) in [6, 6.07) is 68.7. The first-order chi connectivity index (χ1) is 29.2. The Morgan fingerprint density at radius 3 is 1.71 bits per heavy atom. The molecule has 6 heteroatoms. The third kappa shape index (κ3) is 5.57. The molecule has 0 amide bonds. The minimum Gasteiger partial charge on any atom is -0.317 e. The topological polar surface area (TPSA) is 48.5 Å².